The minimum absolute atomic E-state index is 0.0576. The third kappa shape index (κ3) is 4.99. The van der Waals surface area contributed by atoms with E-state index in [2.05, 4.69) is 16.0 Å². The molecule has 1 N–H and O–H groups in total. The van der Waals surface area contributed by atoms with E-state index >= 15 is 0 Å². The van der Waals surface area contributed by atoms with Gasteiger partial charge in [-0.25, -0.2) is 4.98 Å². The number of nitriles is 1. The molecule has 5 nitrogen and oxygen atoms in total. The van der Waals surface area contributed by atoms with Crippen LogP contribution < -0.4 is 9.47 Å². The summed E-state index contributed by atoms with van der Waals surface area (Å²) in [6.45, 7) is -0.0576. The van der Waals surface area contributed by atoms with Crippen molar-refractivity contribution in [1.82, 2.24) is 9.97 Å². The average molecular weight is 449 g/mol. The fourth-order valence-electron chi connectivity index (χ4n) is 3.29. The van der Waals surface area contributed by atoms with E-state index in [1.807, 2.05) is 24.3 Å². The lowest BCUT2D eigenvalue weighted by Gasteiger charge is -2.13. The van der Waals surface area contributed by atoms with Gasteiger partial charge < -0.3 is 14.5 Å². The number of allylic oxidation sites excluding steroid dienone is 1. The predicted octanol–water partition coefficient (Wildman–Crippen LogP) is 6.23. The second-order valence-electron chi connectivity index (χ2n) is 7.17. The van der Waals surface area contributed by atoms with Crippen LogP contribution in [0.5, 0.6) is 11.5 Å². The van der Waals surface area contributed by atoms with Crippen LogP contribution in [-0.2, 0) is 12.8 Å². The lowest BCUT2D eigenvalue weighted by atomic mass is 10.1. The number of imidazole rings is 1. The Balaban J connectivity index is 1.56. The molecule has 8 heteroatoms. The topological polar surface area (TPSA) is 70.9 Å². The summed E-state index contributed by atoms with van der Waals surface area (Å²) in [6.07, 6.45) is -2.75. The van der Waals surface area contributed by atoms with Crippen LogP contribution in [0.2, 0.25) is 0 Å². The lowest BCUT2D eigenvalue weighted by molar-refractivity contribution is -0.137. The highest BCUT2D eigenvalue weighted by molar-refractivity contribution is 5.90. The first-order chi connectivity index (χ1) is 15.9. The first-order valence-electron chi connectivity index (χ1n) is 9.91. The van der Waals surface area contributed by atoms with E-state index in [0.717, 1.165) is 23.2 Å². The highest BCUT2D eigenvalue weighted by Gasteiger charge is 2.30. The summed E-state index contributed by atoms with van der Waals surface area (Å²) in [5.41, 5.74) is 2.24. The van der Waals surface area contributed by atoms with Crippen LogP contribution >= 0.6 is 0 Å². The Kier molecular flexibility index (Phi) is 6.05. The molecule has 0 aliphatic rings. The van der Waals surface area contributed by atoms with E-state index in [4.69, 9.17) is 9.47 Å². The number of aromatic nitrogens is 2. The van der Waals surface area contributed by atoms with E-state index < -0.39 is 11.7 Å². The number of aromatic amines is 1. The molecule has 4 rings (SSSR count). The minimum atomic E-state index is -4.42. The van der Waals surface area contributed by atoms with E-state index in [1.54, 1.807) is 30.3 Å². The summed E-state index contributed by atoms with van der Waals surface area (Å²) >= 11 is 0. The van der Waals surface area contributed by atoms with Gasteiger partial charge in [0.2, 0.25) is 0 Å². The molecule has 0 unspecified atom stereocenters. The van der Waals surface area contributed by atoms with Crippen molar-refractivity contribution in [2.75, 3.05) is 7.11 Å². The summed E-state index contributed by atoms with van der Waals surface area (Å²) in [6, 6.07) is 19.6. The number of rotatable bonds is 6. The van der Waals surface area contributed by atoms with Crippen molar-refractivity contribution in [3.63, 3.8) is 0 Å². The Morgan fingerprint density at radius 2 is 1.88 bits per heavy atom. The molecule has 33 heavy (non-hydrogen) atoms. The predicted molar refractivity (Wildman–Crippen MR) is 118 cm³/mol. The Morgan fingerprint density at radius 3 is 2.61 bits per heavy atom. The smallest absolute Gasteiger partial charge is 0.416 e. The highest BCUT2D eigenvalue weighted by atomic mass is 19.4. The zero-order valence-electron chi connectivity index (χ0n) is 17.5. The summed E-state index contributed by atoms with van der Waals surface area (Å²) in [5, 5.41) is 9.62. The molecule has 0 amide bonds. The number of methoxy groups -OCH3 is 1. The van der Waals surface area contributed by atoms with Crippen LogP contribution in [0.25, 0.3) is 22.7 Å². The number of para-hydroxylation sites is 2. The third-order valence-electron chi connectivity index (χ3n) is 4.91. The number of nitrogens with one attached hydrogen (secondary N) is 1. The standard InChI is InChI=1S/C25H18F3N3O2/c1-32-23-13-16(11-18(14-29)24-30-20-7-2-3-8-21(20)31-24)9-10-22(23)33-15-17-5-4-6-19(12-17)25(26,27)28/h2-13H,15H2,1H3,(H,30,31)/b18-11-. The van der Waals surface area contributed by atoms with Crippen molar-refractivity contribution in [2.24, 2.45) is 0 Å². The van der Waals surface area contributed by atoms with Gasteiger partial charge in [0.1, 0.15) is 18.5 Å². The van der Waals surface area contributed by atoms with Crippen LogP contribution in [0.4, 0.5) is 13.2 Å². The minimum Gasteiger partial charge on any atom is -0.493 e. The number of ether oxygens (including phenoxy) is 2. The maximum atomic E-state index is 12.9. The molecule has 4 aromatic rings. The van der Waals surface area contributed by atoms with Crippen molar-refractivity contribution in [3.05, 3.63) is 89.2 Å². The summed E-state index contributed by atoms with van der Waals surface area (Å²) < 4.78 is 49.8. The fraction of sp³-hybridized carbons (Fsp3) is 0.120. The van der Waals surface area contributed by atoms with E-state index in [0.29, 0.717) is 34.0 Å². The second-order valence-corrected chi connectivity index (χ2v) is 7.17. The monoisotopic (exact) mass is 449 g/mol. The SMILES string of the molecule is COc1cc(/C=C(/C#N)c2nc3ccccc3[nH]2)ccc1OCc1cccc(C(F)(F)F)c1. The van der Waals surface area contributed by atoms with Gasteiger partial charge in [-0.1, -0.05) is 30.3 Å². The number of benzene rings is 3. The first kappa shape index (κ1) is 22.0. The van der Waals surface area contributed by atoms with E-state index in [9.17, 15) is 18.4 Å². The number of hydrogen-bond donors (Lipinski definition) is 1. The molecule has 0 bridgehead atoms. The maximum Gasteiger partial charge on any atom is 0.416 e. The van der Waals surface area contributed by atoms with Gasteiger partial charge in [0, 0.05) is 0 Å². The number of halogens is 3. The lowest BCUT2D eigenvalue weighted by Crippen LogP contribution is -2.06. The molecule has 0 aliphatic carbocycles. The molecule has 0 fully saturated rings. The number of fused-ring (bicyclic) bond motifs is 1. The molecule has 166 valence electrons. The molecule has 0 aliphatic heterocycles. The van der Waals surface area contributed by atoms with Crippen molar-refractivity contribution >= 4 is 22.7 Å². The van der Waals surface area contributed by atoms with Gasteiger partial charge in [0.05, 0.1) is 29.3 Å². The van der Waals surface area contributed by atoms with Crippen molar-refractivity contribution in [1.29, 1.82) is 5.26 Å². The quantitative estimate of drug-likeness (QED) is 0.354. The average Bonchev–Trinajstić information content (AvgIpc) is 3.25. The molecule has 0 saturated carbocycles. The van der Waals surface area contributed by atoms with Gasteiger partial charge in [-0.05, 0) is 53.6 Å². The molecule has 1 aromatic heterocycles. The van der Waals surface area contributed by atoms with Gasteiger partial charge in [0.25, 0.3) is 0 Å². The third-order valence-corrected chi connectivity index (χ3v) is 4.91. The number of hydrogen-bond acceptors (Lipinski definition) is 4. The molecule has 0 spiro atoms. The summed E-state index contributed by atoms with van der Waals surface area (Å²) in [7, 11) is 1.46. The van der Waals surface area contributed by atoms with Gasteiger partial charge in [0.15, 0.2) is 11.5 Å². The van der Waals surface area contributed by atoms with E-state index in [-0.39, 0.29) is 6.61 Å². The van der Waals surface area contributed by atoms with Crippen LogP contribution in [0.15, 0.2) is 66.7 Å². The molecule has 0 saturated heterocycles. The normalized spacial score (nSPS) is 11.9. The molecule has 0 radical (unpaired) electrons. The Hall–Kier alpha value is -4.25. The highest BCUT2D eigenvalue weighted by Crippen LogP contribution is 2.32. The molecular formula is C25H18F3N3O2. The van der Waals surface area contributed by atoms with Crippen LogP contribution in [0.3, 0.4) is 0 Å². The first-order valence-corrected chi connectivity index (χ1v) is 9.91. The molecule has 1 heterocycles. The molecule has 0 atom stereocenters. The second kappa shape index (κ2) is 9.09. The van der Waals surface area contributed by atoms with Crippen LogP contribution in [-0.4, -0.2) is 17.1 Å². The zero-order chi connectivity index (χ0) is 23.4. The number of alkyl halides is 3. The summed E-state index contributed by atoms with van der Waals surface area (Å²) in [4.78, 5) is 7.57. The van der Waals surface area contributed by atoms with Crippen molar-refractivity contribution < 1.29 is 22.6 Å². The molecule has 3 aromatic carbocycles. The van der Waals surface area contributed by atoms with Crippen LogP contribution in [0.1, 0.15) is 22.5 Å². The Labute approximate surface area is 187 Å². The van der Waals surface area contributed by atoms with Gasteiger partial charge in [-0.3, -0.25) is 0 Å². The fourth-order valence-corrected chi connectivity index (χ4v) is 3.29. The number of H-pyrrole nitrogens is 1. The largest absolute Gasteiger partial charge is 0.493 e. The van der Waals surface area contributed by atoms with Gasteiger partial charge >= 0.3 is 6.18 Å². The number of nitrogens with zero attached hydrogens (tertiary/aromatic N) is 2. The maximum absolute atomic E-state index is 12.9. The van der Waals surface area contributed by atoms with Crippen molar-refractivity contribution in [3.8, 4) is 17.6 Å². The van der Waals surface area contributed by atoms with Crippen molar-refractivity contribution in [2.45, 2.75) is 12.8 Å². The van der Waals surface area contributed by atoms with Gasteiger partial charge in [-0.15, -0.1) is 0 Å². The summed E-state index contributed by atoms with van der Waals surface area (Å²) in [5.74, 6) is 1.20. The Bertz CT molecular complexity index is 1330. The van der Waals surface area contributed by atoms with Gasteiger partial charge in [-0.2, -0.15) is 18.4 Å². The zero-order valence-corrected chi connectivity index (χ0v) is 17.5. The molecular weight excluding hydrogens is 431 g/mol. The van der Waals surface area contributed by atoms with Crippen LogP contribution in [0, 0.1) is 11.3 Å². The Morgan fingerprint density at radius 1 is 1.06 bits per heavy atom. The van der Waals surface area contributed by atoms with E-state index in [1.165, 1.54) is 13.2 Å².